The molecule has 0 fully saturated rings. The fourth-order valence-electron chi connectivity index (χ4n) is 2.34. The van der Waals surface area contributed by atoms with Gasteiger partial charge in [0, 0.05) is 5.69 Å². The molecule has 0 saturated carbocycles. The Bertz CT molecular complexity index is 830. The van der Waals surface area contributed by atoms with Gasteiger partial charge in [0.2, 0.25) is 0 Å². The Kier molecular flexibility index (Phi) is 4.57. The van der Waals surface area contributed by atoms with Crippen molar-refractivity contribution in [2.75, 3.05) is 10.6 Å². The maximum Gasteiger partial charge on any atom is 0.291 e. The number of hydrogen-bond donors (Lipinski definition) is 2. The largest absolute Gasteiger partial charge is 0.459 e. The monoisotopic (exact) mass is 335 g/mol. The first-order valence-corrected chi connectivity index (χ1v) is 8.10. The van der Waals surface area contributed by atoms with Gasteiger partial charge in [0.1, 0.15) is 5.82 Å². The second kappa shape index (κ2) is 6.81. The van der Waals surface area contributed by atoms with Crippen LogP contribution in [0, 0.1) is 0 Å². The third kappa shape index (κ3) is 4.26. The van der Waals surface area contributed by atoms with Crippen LogP contribution >= 0.6 is 0 Å². The Morgan fingerprint density at radius 2 is 1.72 bits per heavy atom. The zero-order valence-electron chi connectivity index (χ0n) is 14.5. The van der Waals surface area contributed by atoms with Crippen LogP contribution in [-0.2, 0) is 5.41 Å². The zero-order valence-corrected chi connectivity index (χ0v) is 14.5. The van der Waals surface area contributed by atoms with Crippen molar-refractivity contribution in [3.05, 3.63) is 72.3 Å². The topological polar surface area (TPSA) is 67.2 Å². The number of nitrogens with zero attached hydrogens (tertiary/aromatic N) is 1. The first-order valence-electron chi connectivity index (χ1n) is 8.10. The number of furan rings is 1. The molecule has 1 aromatic carbocycles. The lowest BCUT2D eigenvalue weighted by Gasteiger charge is -2.19. The minimum Gasteiger partial charge on any atom is -0.459 e. The third-order valence-electron chi connectivity index (χ3n) is 3.79. The molecule has 0 unspecified atom stereocenters. The predicted molar refractivity (Wildman–Crippen MR) is 99.3 cm³/mol. The Morgan fingerprint density at radius 1 is 1.00 bits per heavy atom. The smallest absolute Gasteiger partial charge is 0.291 e. The van der Waals surface area contributed by atoms with Crippen LogP contribution < -0.4 is 10.6 Å². The molecule has 25 heavy (non-hydrogen) atoms. The Labute approximate surface area is 147 Å². The molecule has 5 heteroatoms. The summed E-state index contributed by atoms with van der Waals surface area (Å²) in [7, 11) is 0. The minimum atomic E-state index is -0.301. The number of pyridine rings is 1. The van der Waals surface area contributed by atoms with E-state index in [2.05, 4.69) is 48.5 Å². The molecule has 0 spiro atoms. The van der Waals surface area contributed by atoms with E-state index in [4.69, 9.17) is 4.42 Å². The second-order valence-electron chi connectivity index (χ2n) is 6.82. The number of aromatic nitrogens is 1. The van der Waals surface area contributed by atoms with Crippen LogP contribution in [0.2, 0.25) is 0 Å². The van der Waals surface area contributed by atoms with E-state index >= 15 is 0 Å². The molecule has 0 saturated heterocycles. The molecule has 0 aliphatic carbocycles. The van der Waals surface area contributed by atoms with Gasteiger partial charge in [-0.05, 0) is 47.4 Å². The van der Waals surface area contributed by atoms with Gasteiger partial charge in [-0.1, -0.05) is 32.9 Å². The number of carbonyl (C=O) groups is 1. The van der Waals surface area contributed by atoms with Gasteiger partial charge in [0.15, 0.2) is 5.76 Å². The van der Waals surface area contributed by atoms with Crippen LogP contribution in [0.15, 0.2) is 65.4 Å². The summed E-state index contributed by atoms with van der Waals surface area (Å²) in [5, 5.41) is 5.98. The van der Waals surface area contributed by atoms with Gasteiger partial charge >= 0.3 is 0 Å². The van der Waals surface area contributed by atoms with Crippen molar-refractivity contribution in [2.45, 2.75) is 26.2 Å². The standard InChI is InChI=1S/C20H21N3O2/c1-20(2,3)14-6-8-15(9-7-14)22-18-11-10-16(13-21-18)23-19(24)17-5-4-12-25-17/h4-13H,1-3H3,(H,21,22)(H,23,24). The summed E-state index contributed by atoms with van der Waals surface area (Å²) in [5.41, 5.74) is 2.98. The van der Waals surface area contributed by atoms with Crippen molar-refractivity contribution in [2.24, 2.45) is 0 Å². The van der Waals surface area contributed by atoms with Gasteiger partial charge in [0.25, 0.3) is 5.91 Å². The predicted octanol–water partition coefficient (Wildman–Crippen LogP) is 4.97. The first kappa shape index (κ1) is 16.8. The summed E-state index contributed by atoms with van der Waals surface area (Å²) in [6.07, 6.45) is 3.07. The Morgan fingerprint density at radius 3 is 2.28 bits per heavy atom. The van der Waals surface area contributed by atoms with E-state index in [-0.39, 0.29) is 17.1 Å². The maximum absolute atomic E-state index is 11.9. The number of rotatable bonds is 4. The van der Waals surface area contributed by atoms with E-state index < -0.39 is 0 Å². The van der Waals surface area contributed by atoms with E-state index in [1.54, 1.807) is 24.4 Å². The first-order chi connectivity index (χ1) is 11.9. The van der Waals surface area contributed by atoms with Gasteiger partial charge in [-0.25, -0.2) is 4.98 Å². The molecule has 3 aromatic rings. The van der Waals surface area contributed by atoms with Crippen LogP contribution in [0.25, 0.3) is 0 Å². The van der Waals surface area contributed by atoms with Crippen molar-refractivity contribution in [1.29, 1.82) is 0 Å². The molecular weight excluding hydrogens is 314 g/mol. The van der Waals surface area contributed by atoms with E-state index in [9.17, 15) is 4.79 Å². The maximum atomic E-state index is 11.9. The van der Waals surface area contributed by atoms with Crippen LogP contribution in [0.1, 0.15) is 36.9 Å². The third-order valence-corrected chi connectivity index (χ3v) is 3.79. The quantitative estimate of drug-likeness (QED) is 0.706. The molecular formula is C20H21N3O2. The number of carbonyl (C=O) groups excluding carboxylic acids is 1. The molecule has 0 aliphatic heterocycles. The molecule has 0 radical (unpaired) electrons. The van der Waals surface area contributed by atoms with Gasteiger partial charge in [0.05, 0.1) is 18.1 Å². The zero-order chi connectivity index (χ0) is 17.9. The van der Waals surface area contributed by atoms with Crippen molar-refractivity contribution in [3.63, 3.8) is 0 Å². The minimum absolute atomic E-state index is 0.130. The van der Waals surface area contributed by atoms with Crippen LogP contribution in [-0.4, -0.2) is 10.9 Å². The summed E-state index contributed by atoms with van der Waals surface area (Å²) in [4.78, 5) is 16.2. The summed E-state index contributed by atoms with van der Waals surface area (Å²) >= 11 is 0. The molecule has 1 amide bonds. The molecule has 2 N–H and O–H groups in total. The summed E-state index contributed by atoms with van der Waals surface area (Å²) in [6, 6.07) is 15.2. The van der Waals surface area contributed by atoms with Crippen LogP contribution in [0.5, 0.6) is 0 Å². The second-order valence-corrected chi connectivity index (χ2v) is 6.82. The fourth-order valence-corrected chi connectivity index (χ4v) is 2.34. The molecule has 0 bridgehead atoms. The lowest BCUT2D eigenvalue weighted by atomic mass is 9.87. The molecule has 128 valence electrons. The SMILES string of the molecule is CC(C)(C)c1ccc(Nc2ccc(NC(=O)c3ccco3)cn2)cc1. The number of benzene rings is 1. The van der Waals surface area contributed by atoms with Crippen LogP contribution in [0.4, 0.5) is 17.2 Å². The number of nitrogens with one attached hydrogen (secondary N) is 2. The van der Waals surface area contributed by atoms with Gasteiger partial charge in [-0.15, -0.1) is 0 Å². The van der Waals surface area contributed by atoms with E-state index in [0.29, 0.717) is 11.5 Å². The van der Waals surface area contributed by atoms with Gasteiger partial charge in [-0.2, -0.15) is 0 Å². The highest BCUT2D eigenvalue weighted by atomic mass is 16.3. The van der Waals surface area contributed by atoms with E-state index in [0.717, 1.165) is 5.69 Å². The van der Waals surface area contributed by atoms with E-state index in [1.165, 1.54) is 11.8 Å². The van der Waals surface area contributed by atoms with Crippen LogP contribution in [0.3, 0.4) is 0 Å². The highest BCUT2D eigenvalue weighted by Gasteiger charge is 2.13. The number of hydrogen-bond acceptors (Lipinski definition) is 4. The lowest BCUT2D eigenvalue weighted by molar-refractivity contribution is 0.0996. The summed E-state index contributed by atoms with van der Waals surface area (Å²) in [5.74, 6) is 0.672. The average Bonchev–Trinajstić information content (AvgIpc) is 3.11. The Hall–Kier alpha value is -3.08. The highest BCUT2D eigenvalue weighted by molar-refractivity contribution is 6.02. The number of anilines is 3. The Balaban J connectivity index is 1.63. The molecule has 0 aliphatic rings. The van der Waals surface area contributed by atoms with Crippen molar-refractivity contribution in [1.82, 2.24) is 4.98 Å². The average molecular weight is 335 g/mol. The van der Waals surface area contributed by atoms with Crippen molar-refractivity contribution in [3.8, 4) is 0 Å². The lowest BCUT2D eigenvalue weighted by Crippen LogP contribution is -2.11. The molecule has 2 heterocycles. The van der Waals surface area contributed by atoms with Gasteiger partial charge in [-0.3, -0.25) is 4.79 Å². The molecule has 2 aromatic heterocycles. The summed E-state index contributed by atoms with van der Waals surface area (Å²) in [6.45, 7) is 6.56. The fraction of sp³-hybridized carbons (Fsp3) is 0.200. The van der Waals surface area contributed by atoms with Gasteiger partial charge < -0.3 is 15.1 Å². The van der Waals surface area contributed by atoms with E-state index in [1.807, 2.05) is 18.2 Å². The number of amides is 1. The molecule has 0 atom stereocenters. The molecule has 5 nitrogen and oxygen atoms in total. The molecule has 3 rings (SSSR count). The van der Waals surface area contributed by atoms with Crippen molar-refractivity contribution >= 4 is 23.1 Å². The normalized spacial score (nSPS) is 11.2. The highest BCUT2D eigenvalue weighted by Crippen LogP contribution is 2.24. The van der Waals surface area contributed by atoms with Crippen molar-refractivity contribution < 1.29 is 9.21 Å². The summed E-state index contributed by atoms with van der Waals surface area (Å²) < 4.78 is 5.06.